The molecule has 2 nitrogen and oxygen atoms in total. The van der Waals surface area contributed by atoms with Crippen LogP contribution in [0.25, 0.3) is 11.4 Å². The average molecular weight is 399 g/mol. The van der Waals surface area contributed by atoms with Crippen molar-refractivity contribution in [3.63, 3.8) is 0 Å². The van der Waals surface area contributed by atoms with Gasteiger partial charge in [0, 0.05) is 28.3 Å². The second-order valence-corrected chi connectivity index (χ2v) is 8.06. The molecule has 6 rings (SSSR count). The zero-order chi connectivity index (χ0) is 20.6. The molecule has 2 heterocycles. The average Bonchev–Trinajstić information content (AvgIpc) is 3.40. The number of rotatable bonds is 3. The van der Waals surface area contributed by atoms with Crippen molar-refractivity contribution in [1.29, 1.82) is 0 Å². The monoisotopic (exact) mass is 398 g/mol. The number of aliphatic imine (C=N–C) groups is 1. The molecular formula is C29H22N2. The predicted octanol–water partition coefficient (Wildman–Crippen LogP) is 6.00. The molecule has 2 unspecified atom stereocenters. The molecule has 148 valence electrons. The lowest BCUT2D eigenvalue weighted by molar-refractivity contribution is 0.647. The zero-order valence-electron chi connectivity index (χ0n) is 17.1. The number of allylic oxidation sites excluding steroid dienone is 3. The molecule has 0 fully saturated rings. The Bertz CT molecular complexity index is 1290. The quantitative estimate of drug-likeness (QED) is 0.575. The summed E-state index contributed by atoms with van der Waals surface area (Å²) in [6.07, 6.45) is 11.1. The summed E-state index contributed by atoms with van der Waals surface area (Å²) in [5.74, 6) is 0.302. The van der Waals surface area contributed by atoms with Crippen LogP contribution in [0, 0.1) is 5.92 Å². The van der Waals surface area contributed by atoms with Gasteiger partial charge < -0.3 is 5.32 Å². The number of nitrogens with zero attached hydrogens (tertiary/aromatic N) is 1. The first-order valence-electron chi connectivity index (χ1n) is 10.8. The van der Waals surface area contributed by atoms with Gasteiger partial charge in [0.2, 0.25) is 0 Å². The first-order chi connectivity index (χ1) is 15.4. The Labute approximate surface area is 182 Å². The van der Waals surface area contributed by atoms with Crippen molar-refractivity contribution in [2.45, 2.75) is 6.04 Å². The third kappa shape index (κ3) is 3.08. The van der Waals surface area contributed by atoms with Gasteiger partial charge in [-0.3, -0.25) is 0 Å². The van der Waals surface area contributed by atoms with Crippen molar-refractivity contribution in [3.8, 4) is 0 Å². The third-order valence-corrected chi connectivity index (χ3v) is 6.19. The molecule has 2 atom stereocenters. The fourth-order valence-electron chi connectivity index (χ4n) is 4.73. The lowest BCUT2D eigenvalue weighted by Crippen LogP contribution is -2.26. The molecule has 0 saturated heterocycles. The van der Waals surface area contributed by atoms with Gasteiger partial charge in [-0.2, -0.15) is 0 Å². The van der Waals surface area contributed by atoms with E-state index in [9.17, 15) is 0 Å². The highest BCUT2D eigenvalue weighted by atomic mass is 15.0. The summed E-state index contributed by atoms with van der Waals surface area (Å²) in [5, 5.41) is 3.79. The van der Waals surface area contributed by atoms with Gasteiger partial charge in [0.05, 0.1) is 17.5 Å². The van der Waals surface area contributed by atoms with Crippen LogP contribution in [-0.4, -0.2) is 11.8 Å². The van der Waals surface area contributed by atoms with Crippen LogP contribution in [0.3, 0.4) is 0 Å². The van der Waals surface area contributed by atoms with Crippen LogP contribution in [0.5, 0.6) is 0 Å². The van der Waals surface area contributed by atoms with E-state index in [1.54, 1.807) is 0 Å². The Balaban J connectivity index is 1.42. The summed E-state index contributed by atoms with van der Waals surface area (Å²) >= 11 is 0. The van der Waals surface area contributed by atoms with Crippen LogP contribution in [-0.2, 0) is 0 Å². The first kappa shape index (κ1) is 17.9. The maximum Gasteiger partial charge on any atom is 0.0788 e. The van der Waals surface area contributed by atoms with E-state index in [0.29, 0.717) is 5.92 Å². The van der Waals surface area contributed by atoms with Gasteiger partial charge >= 0.3 is 0 Å². The second kappa shape index (κ2) is 7.41. The molecule has 0 saturated carbocycles. The van der Waals surface area contributed by atoms with Gasteiger partial charge in [0.1, 0.15) is 0 Å². The summed E-state index contributed by atoms with van der Waals surface area (Å²) in [7, 11) is 0. The maximum absolute atomic E-state index is 5.10. The number of hydrogen-bond acceptors (Lipinski definition) is 2. The second-order valence-electron chi connectivity index (χ2n) is 8.06. The van der Waals surface area contributed by atoms with Gasteiger partial charge in [-0.05, 0) is 17.2 Å². The van der Waals surface area contributed by atoms with E-state index in [-0.39, 0.29) is 6.04 Å². The molecule has 0 bridgehead atoms. The Morgan fingerprint density at radius 1 is 0.710 bits per heavy atom. The van der Waals surface area contributed by atoms with E-state index < -0.39 is 0 Å². The van der Waals surface area contributed by atoms with E-state index >= 15 is 0 Å². The Morgan fingerprint density at radius 2 is 1.39 bits per heavy atom. The number of fused-ring (bicyclic) bond motifs is 2. The van der Waals surface area contributed by atoms with Crippen LogP contribution >= 0.6 is 0 Å². The van der Waals surface area contributed by atoms with E-state index in [4.69, 9.17) is 4.99 Å². The summed E-state index contributed by atoms with van der Waals surface area (Å²) < 4.78 is 0. The topological polar surface area (TPSA) is 24.4 Å². The Hall–Kier alpha value is -3.91. The smallest absolute Gasteiger partial charge is 0.0788 e. The van der Waals surface area contributed by atoms with E-state index in [0.717, 1.165) is 17.0 Å². The van der Waals surface area contributed by atoms with Gasteiger partial charge in [0.15, 0.2) is 0 Å². The highest BCUT2D eigenvalue weighted by Crippen LogP contribution is 2.39. The summed E-state index contributed by atoms with van der Waals surface area (Å²) in [6, 6.07) is 29.8. The Morgan fingerprint density at radius 3 is 2.16 bits per heavy atom. The number of benzene rings is 3. The normalized spacial score (nSPS) is 22.3. The summed E-state index contributed by atoms with van der Waals surface area (Å²) in [6.45, 7) is 0. The minimum absolute atomic E-state index is 0.160. The van der Waals surface area contributed by atoms with E-state index in [1.807, 2.05) is 6.07 Å². The van der Waals surface area contributed by atoms with Crippen LogP contribution in [0.15, 0.2) is 126 Å². The molecule has 0 amide bonds. The first-order valence-corrected chi connectivity index (χ1v) is 10.8. The molecule has 3 aromatic rings. The molecule has 1 aliphatic carbocycles. The van der Waals surface area contributed by atoms with E-state index in [1.165, 1.54) is 28.0 Å². The molecular weight excluding hydrogens is 376 g/mol. The minimum atomic E-state index is 0.160. The fraction of sp³-hybridized carbons (Fsp3) is 0.0690. The highest BCUT2D eigenvalue weighted by molar-refractivity contribution is 6.20. The standard InChI is InChI=1S/C29H22N2/c1-3-11-20(12-4-1)28-24-17-9-7-15-22(24)26(30-28)19-27-23-16-8-10-18-25(23)29(31-27)21-13-5-2-6-14-21/h1-19,22,26,30H/b27-19-. The third-order valence-electron chi connectivity index (χ3n) is 6.19. The SMILES string of the molecule is C1=CC2=C(c3ccccc3)NC(/C=C3\N=C(c4ccccc4)c4ccccc43)C2C=C1. The molecule has 2 aliphatic heterocycles. The lowest BCUT2D eigenvalue weighted by atomic mass is 9.89. The van der Waals surface area contributed by atoms with Crippen LogP contribution in [0.2, 0.25) is 0 Å². The van der Waals surface area contributed by atoms with E-state index in [2.05, 4.69) is 115 Å². The Kier molecular flexibility index (Phi) is 4.28. The van der Waals surface area contributed by atoms with Crippen LogP contribution < -0.4 is 5.32 Å². The van der Waals surface area contributed by atoms with Crippen molar-refractivity contribution >= 4 is 17.1 Å². The molecule has 0 spiro atoms. The van der Waals surface area contributed by atoms with Crippen LogP contribution in [0.4, 0.5) is 0 Å². The van der Waals surface area contributed by atoms with Gasteiger partial charge in [-0.1, -0.05) is 109 Å². The van der Waals surface area contributed by atoms with Gasteiger partial charge in [-0.15, -0.1) is 0 Å². The predicted molar refractivity (Wildman–Crippen MR) is 129 cm³/mol. The van der Waals surface area contributed by atoms with Crippen molar-refractivity contribution in [1.82, 2.24) is 5.32 Å². The largest absolute Gasteiger partial charge is 0.377 e. The van der Waals surface area contributed by atoms with Gasteiger partial charge in [0.25, 0.3) is 0 Å². The molecule has 3 aliphatic rings. The lowest BCUT2D eigenvalue weighted by Gasteiger charge is -2.17. The van der Waals surface area contributed by atoms with Crippen molar-refractivity contribution in [3.05, 3.63) is 143 Å². The molecule has 0 aromatic heterocycles. The summed E-state index contributed by atoms with van der Waals surface area (Å²) in [5.41, 5.74) is 9.44. The molecule has 1 N–H and O–H groups in total. The van der Waals surface area contributed by atoms with Crippen LogP contribution in [0.1, 0.15) is 22.3 Å². The fourth-order valence-corrected chi connectivity index (χ4v) is 4.73. The summed E-state index contributed by atoms with van der Waals surface area (Å²) in [4.78, 5) is 5.10. The van der Waals surface area contributed by atoms with Gasteiger partial charge in [-0.25, -0.2) is 4.99 Å². The molecule has 31 heavy (non-hydrogen) atoms. The molecule has 2 heteroatoms. The zero-order valence-corrected chi connectivity index (χ0v) is 17.1. The minimum Gasteiger partial charge on any atom is -0.377 e. The molecule has 0 radical (unpaired) electrons. The van der Waals surface area contributed by atoms with Crippen molar-refractivity contribution in [2.24, 2.45) is 10.9 Å². The highest BCUT2D eigenvalue weighted by Gasteiger charge is 2.33. The maximum atomic E-state index is 5.10. The molecule has 3 aromatic carbocycles. The number of hydrogen-bond donors (Lipinski definition) is 1. The van der Waals surface area contributed by atoms with Crippen molar-refractivity contribution < 1.29 is 0 Å². The van der Waals surface area contributed by atoms with Crippen molar-refractivity contribution in [2.75, 3.05) is 0 Å². The number of nitrogens with one attached hydrogen (secondary N) is 1.